The summed E-state index contributed by atoms with van der Waals surface area (Å²) in [4.78, 5) is 15.0. The smallest absolute Gasteiger partial charge is 0.296 e. The Bertz CT molecular complexity index is 461. The van der Waals surface area contributed by atoms with Gasteiger partial charge < -0.3 is 4.52 Å². The lowest BCUT2D eigenvalue weighted by Gasteiger charge is -2.17. The fraction of sp³-hybridized carbons (Fsp3) is 0.750. The summed E-state index contributed by atoms with van der Waals surface area (Å²) >= 11 is 0. The van der Waals surface area contributed by atoms with Gasteiger partial charge in [0.1, 0.15) is 0 Å². The van der Waals surface area contributed by atoms with E-state index in [1.54, 1.807) is 0 Å². The van der Waals surface area contributed by atoms with Gasteiger partial charge >= 0.3 is 0 Å². The van der Waals surface area contributed by atoms with Crippen molar-refractivity contribution in [3.05, 3.63) is 11.7 Å². The molecule has 0 saturated heterocycles. The third-order valence-electron chi connectivity index (χ3n) is 4.12. The SMILES string of the molecule is O=C(Cc1nc(C2CC3CCC2C3)no1)C(F)F. The van der Waals surface area contributed by atoms with E-state index in [4.69, 9.17) is 4.52 Å². The van der Waals surface area contributed by atoms with Crippen molar-refractivity contribution in [3.63, 3.8) is 0 Å². The first kappa shape index (κ1) is 11.7. The number of hydrogen-bond donors (Lipinski definition) is 0. The fourth-order valence-electron chi connectivity index (χ4n) is 3.28. The summed E-state index contributed by atoms with van der Waals surface area (Å²) in [6, 6.07) is 0. The first-order valence-corrected chi connectivity index (χ1v) is 6.27. The van der Waals surface area contributed by atoms with E-state index >= 15 is 0 Å². The molecule has 2 aliphatic rings. The van der Waals surface area contributed by atoms with Gasteiger partial charge in [0.2, 0.25) is 11.7 Å². The number of nitrogens with zero attached hydrogens (tertiary/aromatic N) is 2. The largest absolute Gasteiger partial charge is 0.339 e. The molecule has 3 atom stereocenters. The average molecular weight is 256 g/mol. The highest BCUT2D eigenvalue weighted by atomic mass is 19.3. The van der Waals surface area contributed by atoms with Crippen LogP contribution in [0.5, 0.6) is 0 Å². The van der Waals surface area contributed by atoms with Crippen molar-refractivity contribution in [3.8, 4) is 0 Å². The van der Waals surface area contributed by atoms with Gasteiger partial charge in [0, 0.05) is 5.92 Å². The molecule has 3 rings (SSSR count). The van der Waals surface area contributed by atoms with Crippen LogP contribution in [0.3, 0.4) is 0 Å². The number of alkyl halides is 2. The first-order valence-electron chi connectivity index (χ1n) is 6.27. The molecule has 2 saturated carbocycles. The summed E-state index contributed by atoms with van der Waals surface area (Å²) in [7, 11) is 0. The summed E-state index contributed by atoms with van der Waals surface area (Å²) in [5.41, 5.74) is 0. The van der Waals surface area contributed by atoms with Gasteiger partial charge in [-0.25, -0.2) is 8.78 Å². The van der Waals surface area contributed by atoms with Crippen molar-refractivity contribution in [2.75, 3.05) is 0 Å². The Morgan fingerprint density at radius 1 is 1.39 bits per heavy atom. The van der Waals surface area contributed by atoms with Crippen LogP contribution in [-0.4, -0.2) is 22.3 Å². The van der Waals surface area contributed by atoms with Gasteiger partial charge in [-0.3, -0.25) is 4.79 Å². The van der Waals surface area contributed by atoms with Crippen LogP contribution in [0.15, 0.2) is 4.52 Å². The Hall–Kier alpha value is -1.33. The zero-order valence-electron chi connectivity index (χ0n) is 9.81. The van der Waals surface area contributed by atoms with Gasteiger partial charge in [0.15, 0.2) is 5.82 Å². The maximum absolute atomic E-state index is 12.1. The molecule has 1 aromatic heterocycles. The number of fused-ring (bicyclic) bond motifs is 2. The summed E-state index contributed by atoms with van der Waals surface area (Å²) in [6.07, 6.45) is 1.30. The standard InChI is InChI=1S/C12H14F2N2O2/c13-11(14)9(17)5-10-15-12(16-18-10)8-4-6-1-2-7(8)3-6/h6-8,11H,1-5H2. The van der Waals surface area contributed by atoms with Gasteiger partial charge in [0.25, 0.3) is 6.43 Å². The maximum Gasteiger partial charge on any atom is 0.296 e. The van der Waals surface area contributed by atoms with Crippen molar-refractivity contribution in [2.24, 2.45) is 11.8 Å². The molecular formula is C12H14F2N2O2. The van der Waals surface area contributed by atoms with E-state index in [-0.39, 0.29) is 5.89 Å². The molecule has 2 bridgehead atoms. The van der Waals surface area contributed by atoms with Crippen LogP contribution in [-0.2, 0) is 11.2 Å². The molecule has 18 heavy (non-hydrogen) atoms. The van der Waals surface area contributed by atoms with E-state index in [1.807, 2.05) is 0 Å². The van der Waals surface area contributed by atoms with Crippen molar-refractivity contribution in [1.82, 2.24) is 10.1 Å². The quantitative estimate of drug-likeness (QED) is 0.829. The number of halogens is 2. The number of rotatable bonds is 4. The van der Waals surface area contributed by atoms with Gasteiger partial charge in [-0.05, 0) is 31.1 Å². The van der Waals surface area contributed by atoms with E-state index in [0.717, 1.165) is 12.3 Å². The number of Topliss-reactive ketones (excluding diaryl/α,β-unsaturated/α-hetero) is 1. The molecule has 0 amide bonds. The Morgan fingerprint density at radius 3 is 2.83 bits per heavy atom. The monoisotopic (exact) mass is 256 g/mol. The molecule has 0 radical (unpaired) electrons. The van der Waals surface area contributed by atoms with E-state index in [2.05, 4.69) is 10.1 Å². The molecular weight excluding hydrogens is 242 g/mol. The van der Waals surface area contributed by atoms with Crippen LogP contribution in [0.4, 0.5) is 8.78 Å². The fourth-order valence-corrected chi connectivity index (χ4v) is 3.28. The highest BCUT2D eigenvalue weighted by molar-refractivity contribution is 5.82. The van der Waals surface area contributed by atoms with Crippen LogP contribution in [0.25, 0.3) is 0 Å². The number of hydrogen-bond acceptors (Lipinski definition) is 4. The average Bonchev–Trinajstić information content (AvgIpc) is 3.03. The zero-order chi connectivity index (χ0) is 12.7. The molecule has 0 aromatic carbocycles. The molecule has 4 nitrogen and oxygen atoms in total. The summed E-state index contributed by atoms with van der Waals surface area (Å²) < 4.78 is 29.1. The number of ketones is 1. The molecule has 1 heterocycles. The summed E-state index contributed by atoms with van der Waals surface area (Å²) in [5.74, 6) is 1.09. The number of carbonyl (C=O) groups is 1. The molecule has 2 fully saturated rings. The van der Waals surface area contributed by atoms with Gasteiger partial charge in [-0.1, -0.05) is 11.6 Å². The Labute approximate surface area is 103 Å². The molecule has 6 heteroatoms. The van der Waals surface area contributed by atoms with E-state index in [9.17, 15) is 13.6 Å². The molecule has 3 unspecified atom stereocenters. The van der Waals surface area contributed by atoms with Gasteiger partial charge in [-0.2, -0.15) is 4.98 Å². The first-order chi connectivity index (χ1) is 8.63. The van der Waals surface area contributed by atoms with Crippen LogP contribution in [0, 0.1) is 11.8 Å². The van der Waals surface area contributed by atoms with E-state index in [1.165, 1.54) is 19.3 Å². The minimum absolute atomic E-state index is 0.0121. The highest BCUT2D eigenvalue weighted by Crippen LogP contribution is 2.52. The second kappa shape index (κ2) is 4.40. The lowest BCUT2D eigenvalue weighted by Crippen LogP contribution is -2.13. The van der Waals surface area contributed by atoms with Crippen LogP contribution >= 0.6 is 0 Å². The lowest BCUT2D eigenvalue weighted by atomic mass is 9.88. The highest BCUT2D eigenvalue weighted by Gasteiger charge is 2.42. The van der Waals surface area contributed by atoms with Crippen molar-refractivity contribution in [2.45, 2.75) is 44.4 Å². The van der Waals surface area contributed by atoms with Crippen LogP contribution in [0.2, 0.25) is 0 Å². The van der Waals surface area contributed by atoms with Crippen molar-refractivity contribution < 1.29 is 18.1 Å². The minimum atomic E-state index is -2.97. The second-order valence-corrected chi connectivity index (χ2v) is 5.27. The third kappa shape index (κ3) is 2.04. The normalized spacial score (nSPS) is 30.3. The summed E-state index contributed by atoms with van der Waals surface area (Å²) in [6.45, 7) is 0. The van der Waals surface area contributed by atoms with Crippen molar-refractivity contribution in [1.29, 1.82) is 0 Å². The molecule has 1 aromatic rings. The number of carbonyl (C=O) groups excluding carboxylic acids is 1. The molecule has 98 valence electrons. The van der Waals surface area contributed by atoms with E-state index < -0.39 is 18.6 Å². The van der Waals surface area contributed by atoms with Gasteiger partial charge in [0.05, 0.1) is 6.42 Å². The van der Waals surface area contributed by atoms with Crippen molar-refractivity contribution >= 4 is 5.78 Å². The Kier molecular flexibility index (Phi) is 2.87. The van der Waals surface area contributed by atoms with Gasteiger partial charge in [-0.15, -0.1) is 0 Å². The lowest BCUT2D eigenvalue weighted by molar-refractivity contribution is -0.129. The van der Waals surface area contributed by atoms with E-state index in [0.29, 0.717) is 17.7 Å². The summed E-state index contributed by atoms with van der Waals surface area (Å²) in [5, 5.41) is 3.85. The topological polar surface area (TPSA) is 56.0 Å². The van der Waals surface area contributed by atoms with Crippen LogP contribution in [0.1, 0.15) is 43.3 Å². The molecule has 0 N–H and O–H groups in total. The van der Waals surface area contributed by atoms with Crippen LogP contribution < -0.4 is 0 Å². The minimum Gasteiger partial charge on any atom is -0.339 e. The predicted octanol–water partition coefficient (Wildman–Crippen LogP) is 2.35. The molecule has 0 aliphatic heterocycles. The molecule has 0 spiro atoms. The zero-order valence-corrected chi connectivity index (χ0v) is 9.81. The maximum atomic E-state index is 12.1. The predicted molar refractivity (Wildman–Crippen MR) is 57.2 cm³/mol. The Morgan fingerprint density at radius 2 is 2.22 bits per heavy atom. The Balaban J connectivity index is 1.68. The third-order valence-corrected chi connectivity index (χ3v) is 4.12. The second-order valence-electron chi connectivity index (χ2n) is 5.27. The number of aromatic nitrogens is 2. The molecule has 2 aliphatic carbocycles.